The lowest BCUT2D eigenvalue weighted by atomic mass is 10.1. The fourth-order valence-corrected chi connectivity index (χ4v) is 2.61. The Balaban J connectivity index is 2.24. The van der Waals surface area contributed by atoms with E-state index in [4.69, 9.17) is 26.4 Å². The van der Waals surface area contributed by atoms with Crippen LogP contribution in [0.5, 0.6) is 11.5 Å². The number of hydrogen-bond donors (Lipinski definition) is 1. The van der Waals surface area contributed by atoms with E-state index in [1.54, 1.807) is 33.5 Å². The Morgan fingerprint density at radius 2 is 2.04 bits per heavy atom. The maximum absolute atomic E-state index is 12.5. The summed E-state index contributed by atoms with van der Waals surface area (Å²) in [6.07, 6.45) is 2.44. The van der Waals surface area contributed by atoms with Crippen LogP contribution >= 0.6 is 12.2 Å². The van der Waals surface area contributed by atoms with Gasteiger partial charge < -0.3 is 19.5 Å². The molecule has 0 unspecified atom stereocenters. The number of para-hydroxylation sites is 1. The summed E-state index contributed by atoms with van der Waals surface area (Å²) in [5, 5.41) is 3.35. The molecule has 1 aromatic carbocycles. The molecule has 0 saturated carbocycles. The highest BCUT2D eigenvalue weighted by atomic mass is 32.1. The lowest BCUT2D eigenvalue weighted by Gasteiger charge is -2.13. The molecule has 124 valence electrons. The third-order valence-corrected chi connectivity index (χ3v) is 3.75. The van der Waals surface area contributed by atoms with Gasteiger partial charge in [-0.2, -0.15) is 0 Å². The molecule has 1 saturated heterocycles. The minimum absolute atomic E-state index is 0.157. The maximum Gasteiger partial charge on any atom is 0.276 e. The second-order valence-electron chi connectivity index (χ2n) is 4.87. The van der Waals surface area contributed by atoms with Crippen molar-refractivity contribution in [1.29, 1.82) is 0 Å². The van der Waals surface area contributed by atoms with Gasteiger partial charge in [0.05, 0.1) is 14.2 Å². The van der Waals surface area contributed by atoms with Crippen molar-refractivity contribution in [3.05, 3.63) is 29.5 Å². The lowest BCUT2D eigenvalue weighted by Crippen LogP contribution is -2.32. The van der Waals surface area contributed by atoms with E-state index in [1.165, 1.54) is 4.90 Å². The average Bonchev–Trinajstić information content (AvgIpc) is 2.82. The number of rotatable bonds is 7. The molecule has 0 radical (unpaired) electrons. The van der Waals surface area contributed by atoms with Gasteiger partial charge in [0.25, 0.3) is 5.91 Å². The van der Waals surface area contributed by atoms with Gasteiger partial charge in [0.1, 0.15) is 5.70 Å². The molecule has 23 heavy (non-hydrogen) atoms. The van der Waals surface area contributed by atoms with Crippen molar-refractivity contribution >= 4 is 29.3 Å². The Labute approximate surface area is 141 Å². The first-order valence-electron chi connectivity index (χ1n) is 7.16. The smallest absolute Gasteiger partial charge is 0.276 e. The second-order valence-corrected chi connectivity index (χ2v) is 5.26. The van der Waals surface area contributed by atoms with E-state index < -0.39 is 0 Å². The summed E-state index contributed by atoms with van der Waals surface area (Å²) in [4.78, 5) is 14.0. The molecular formula is C16H20N2O4S. The Morgan fingerprint density at radius 1 is 1.26 bits per heavy atom. The molecule has 0 bridgehead atoms. The van der Waals surface area contributed by atoms with Crippen LogP contribution in [0.25, 0.3) is 6.08 Å². The topological polar surface area (TPSA) is 60.0 Å². The summed E-state index contributed by atoms with van der Waals surface area (Å²) in [6, 6.07) is 5.48. The molecule has 1 fully saturated rings. The summed E-state index contributed by atoms with van der Waals surface area (Å²) < 4.78 is 15.6. The van der Waals surface area contributed by atoms with E-state index in [9.17, 15) is 4.79 Å². The lowest BCUT2D eigenvalue weighted by molar-refractivity contribution is -0.122. The molecular weight excluding hydrogens is 316 g/mol. The van der Waals surface area contributed by atoms with E-state index in [1.807, 2.05) is 12.1 Å². The number of amides is 1. The number of ether oxygens (including phenoxy) is 3. The minimum Gasteiger partial charge on any atom is -0.493 e. The molecule has 6 nitrogen and oxygen atoms in total. The van der Waals surface area contributed by atoms with Gasteiger partial charge in [-0.15, -0.1) is 0 Å². The van der Waals surface area contributed by atoms with Gasteiger partial charge in [-0.1, -0.05) is 12.1 Å². The van der Waals surface area contributed by atoms with Crippen molar-refractivity contribution in [1.82, 2.24) is 10.2 Å². The highest BCUT2D eigenvalue weighted by Gasteiger charge is 2.30. The number of nitrogens with one attached hydrogen (secondary N) is 1. The van der Waals surface area contributed by atoms with Gasteiger partial charge in [-0.05, 0) is 30.8 Å². The van der Waals surface area contributed by atoms with Crippen molar-refractivity contribution in [2.45, 2.75) is 6.42 Å². The van der Waals surface area contributed by atoms with Gasteiger partial charge in [0.15, 0.2) is 16.6 Å². The summed E-state index contributed by atoms with van der Waals surface area (Å²) in [5.74, 6) is 1.02. The number of methoxy groups -OCH3 is 3. The number of carbonyl (C=O) groups is 1. The van der Waals surface area contributed by atoms with Gasteiger partial charge in [0.2, 0.25) is 0 Å². The molecule has 1 aliphatic rings. The SMILES string of the molecule is COCCCN1C(=O)/C(=C\c2cccc(OC)c2OC)NC1=S. The Kier molecular flexibility index (Phi) is 5.95. The number of thiocarbonyl (C=S) groups is 1. The first-order valence-corrected chi connectivity index (χ1v) is 7.57. The molecule has 0 spiro atoms. The third kappa shape index (κ3) is 3.80. The Morgan fingerprint density at radius 3 is 2.70 bits per heavy atom. The van der Waals surface area contributed by atoms with E-state index >= 15 is 0 Å². The molecule has 1 heterocycles. The second kappa shape index (κ2) is 7.94. The van der Waals surface area contributed by atoms with Gasteiger partial charge in [-0.25, -0.2) is 0 Å². The zero-order chi connectivity index (χ0) is 16.8. The average molecular weight is 336 g/mol. The van der Waals surface area contributed by atoms with E-state index in [-0.39, 0.29) is 5.91 Å². The Bertz CT molecular complexity index is 631. The van der Waals surface area contributed by atoms with E-state index in [0.717, 1.165) is 12.0 Å². The molecule has 1 N–H and O–H groups in total. The summed E-state index contributed by atoms with van der Waals surface area (Å²) in [6.45, 7) is 1.10. The van der Waals surface area contributed by atoms with Crippen LogP contribution in [-0.2, 0) is 9.53 Å². The largest absolute Gasteiger partial charge is 0.493 e. The Hall–Kier alpha value is -2.12. The van der Waals surface area contributed by atoms with Gasteiger partial charge in [-0.3, -0.25) is 9.69 Å². The molecule has 1 aromatic rings. The summed E-state index contributed by atoms with van der Waals surface area (Å²) in [5.41, 5.74) is 1.16. The molecule has 2 rings (SSSR count). The van der Waals surface area contributed by atoms with Crippen LogP contribution in [0.2, 0.25) is 0 Å². The van der Waals surface area contributed by atoms with Crippen LogP contribution in [0, 0.1) is 0 Å². The van der Waals surface area contributed by atoms with Crippen molar-refractivity contribution < 1.29 is 19.0 Å². The van der Waals surface area contributed by atoms with Crippen molar-refractivity contribution in [3.63, 3.8) is 0 Å². The predicted molar refractivity (Wildman–Crippen MR) is 91.5 cm³/mol. The van der Waals surface area contributed by atoms with E-state index in [2.05, 4.69) is 5.32 Å². The summed E-state index contributed by atoms with van der Waals surface area (Å²) in [7, 11) is 4.76. The van der Waals surface area contributed by atoms with Crippen LogP contribution in [-0.4, -0.2) is 50.4 Å². The van der Waals surface area contributed by atoms with E-state index in [0.29, 0.717) is 35.5 Å². The van der Waals surface area contributed by atoms with Crippen LogP contribution in [0.3, 0.4) is 0 Å². The highest BCUT2D eigenvalue weighted by Crippen LogP contribution is 2.32. The van der Waals surface area contributed by atoms with Crippen molar-refractivity contribution in [2.24, 2.45) is 0 Å². The zero-order valence-corrected chi connectivity index (χ0v) is 14.2. The first kappa shape index (κ1) is 17.2. The molecule has 0 aliphatic carbocycles. The fraction of sp³-hybridized carbons (Fsp3) is 0.375. The monoisotopic (exact) mass is 336 g/mol. The molecule has 1 aliphatic heterocycles. The number of carbonyl (C=O) groups excluding carboxylic acids is 1. The predicted octanol–water partition coefficient (Wildman–Crippen LogP) is 1.80. The van der Waals surface area contributed by atoms with Crippen LogP contribution in [0.15, 0.2) is 23.9 Å². The standard InChI is InChI=1S/C16H20N2O4S/c1-20-9-5-8-18-15(19)12(17-16(18)23)10-11-6-4-7-13(21-2)14(11)22-3/h4,6-7,10H,5,8-9H2,1-3H3,(H,17,23)/b12-10+. The highest BCUT2D eigenvalue weighted by molar-refractivity contribution is 7.80. The summed E-state index contributed by atoms with van der Waals surface area (Å²) >= 11 is 5.23. The zero-order valence-electron chi connectivity index (χ0n) is 13.4. The molecule has 0 atom stereocenters. The maximum atomic E-state index is 12.5. The third-order valence-electron chi connectivity index (χ3n) is 3.43. The molecule has 1 amide bonds. The number of hydrogen-bond acceptors (Lipinski definition) is 5. The van der Waals surface area contributed by atoms with Gasteiger partial charge in [0, 0.05) is 25.8 Å². The number of benzene rings is 1. The minimum atomic E-state index is -0.157. The molecule has 7 heteroatoms. The number of nitrogens with zero attached hydrogens (tertiary/aromatic N) is 1. The van der Waals surface area contributed by atoms with Crippen LogP contribution in [0.1, 0.15) is 12.0 Å². The quantitative estimate of drug-likeness (QED) is 0.465. The van der Waals surface area contributed by atoms with Crippen molar-refractivity contribution in [3.8, 4) is 11.5 Å². The molecule has 0 aromatic heterocycles. The fourth-order valence-electron chi connectivity index (χ4n) is 2.32. The van der Waals surface area contributed by atoms with Crippen LogP contribution in [0.4, 0.5) is 0 Å². The van der Waals surface area contributed by atoms with Gasteiger partial charge >= 0.3 is 0 Å². The van der Waals surface area contributed by atoms with Crippen molar-refractivity contribution in [2.75, 3.05) is 34.5 Å². The van der Waals surface area contributed by atoms with Crippen LogP contribution < -0.4 is 14.8 Å². The normalized spacial score (nSPS) is 16.0. The first-order chi connectivity index (χ1) is 11.1.